The van der Waals surface area contributed by atoms with Gasteiger partial charge in [0.05, 0.1) is 4.83 Å². The van der Waals surface area contributed by atoms with Gasteiger partial charge in [-0.15, -0.1) is 10.2 Å². The molecule has 16 heavy (non-hydrogen) atoms. The van der Waals surface area contributed by atoms with E-state index in [1.54, 1.807) is 11.3 Å². The van der Waals surface area contributed by atoms with E-state index < -0.39 is 0 Å². The Morgan fingerprint density at radius 3 is 2.62 bits per heavy atom. The van der Waals surface area contributed by atoms with E-state index in [1.807, 2.05) is 0 Å². The number of hydrogen-bond acceptors (Lipinski definition) is 3. The molecule has 0 saturated heterocycles. The van der Waals surface area contributed by atoms with Crippen molar-refractivity contribution in [2.75, 3.05) is 0 Å². The van der Waals surface area contributed by atoms with Crippen molar-refractivity contribution in [2.24, 2.45) is 0 Å². The molecule has 0 amide bonds. The molecule has 0 spiro atoms. The molecule has 1 fully saturated rings. The number of aromatic nitrogens is 2. The van der Waals surface area contributed by atoms with Gasteiger partial charge in [0.2, 0.25) is 0 Å². The first-order valence-corrected chi connectivity index (χ1v) is 7.87. The number of rotatable bonds is 3. The molecule has 1 heterocycles. The summed E-state index contributed by atoms with van der Waals surface area (Å²) in [6, 6.07) is 0. The molecule has 0 aromatic carbocycles. The molecule has 0 N–H and O–H groups in total. The third kappa shape index (κ3) is 2.48. The molecule has 90 valence electrons. The van der Waals surface area contributed by atoms with Crippen LogP contribution in [0.2, 0.25) is 0 Å². The minimum absolute atomic E-state index is 0.300. The van der Waals surface area contributed by atoms with E-state index in [2.05, 4.69) is 40.0 Å². The SMILES string of the molecule is CCC(Br)c1nnc(C2(C)CCCCC2)s1. The number of hydrogen-bond donors (Lipinski definition) is 0. The predicted molar refractivity (Wildman–Crippen MR) is 72.3 cm³/mol. The fourth-order valence-electron chi connectivity index (χ4n) is 2.33. The van der Waals surface area contributed by atoms with Crippen LogP contribution in [0.3, 0.4) is 0 Å². The van der Waals surface area contributed by atoms with Crippen molar-refractivity contribution >= 4 is 27.3 Å². The summed E-state index contributed by atoms with van der Waals surface area (Å²) in [5, 5.41) is 11.1. The lowest BCUT2D eigenvalue weighted by molar-refractivity contribution is 0.317. The summed E-state index contributed by atoms with van der Waals surface area (Å²) < 4.78 is 0. The zero-order valence-electron chi connectivity index (χ0n) is 10.0. The van der Waals surface area contributed by atoms with E-state index in [9.17, 15) is 0 Å². The Kier molecular flexibility index (Phi) is 4.01. The van der Waals surface area contributed by atoms with Gasteiger partial charge in [0, 0.05) is 5.41 Å². The van der Waals surface area contributed by atoms with Crippen LogP contribution in [0.5, 0.6) is 0 Å². The number of halogens is 1. The molecule has 4 heteroatoms. The second kappa shape index (κ2) is 5.13. The highest BCUT2D eigenvalue weighted by Crippen LogP contribution is 2.41. The largest absolute Gasteiger partial charge is 0.143 e. The van der Waals surface area contributed by atoms with Gasteiger partial charge in [-0.2, -0.15) is 0 Å². The van der Waals surface area contributed by atoms with E-state index in [0.29, 0.717) is 10.2 Å². The quantitative estimate of drug-likeness (QED) is 0.762. The zero-order chi connectivity index (χ0) is 11.6. The van der Waals surface area contributed by atoms with Crippen LogP contribution in [-0.4, -0.2) is 10.2 Å². The normalized spacial score (nSPS) is 21.9. The van der Waals surface area contributed by atoms with Crippen molar-refractivity contribution in [3.63, 3.8) is 0 Å². The molecule has 1 aliphatic rings. The van der Waals surface area contributed by atoms with Crippen LogP contribution >= 0.6 is 27.3 Å². The third-order valence-electron chi connectivity index (χ3n) is 3.54. The van der Waals surface area contributed by atoms with Crippen LogP contribution in [0.1, 0.15) is 67.2 Å². The maximum Gasteiger partial charge on any atom is 0.131 e. The summed E-state index contributed by atoms with van der Waals surface area (Å²) in [6.07, 6.45) is 7.71. The molecule has 2 rings (SSSR count). The van der Waals surface area contributed by atoms with Crippen LogP contribution in [-0.2, 0) is 5.41 Å². The van der Waals surface area contributed by atoms with Crippen molar-refractivity contribution < 1.29 is 0 Å². The lowest BCUT2D eigenvalue weighted by Gasteiger charge is -2.30. The Labute approximate surface area is 110 Å². The number of alkyl halides is 1. The minimum Gasteiger partial charge on any atom is -0.143 e. The second-order valence-electron chi connectivity index (χ2n) is 4.94. The van der Waals surface area contributed by atoms with Crippen LogP contribution in [0.15, 0.2) is 0 Å². The van der Waals surface area contributed by atoms with Gasteiger partial charge < -0.3 is 0 Å². The minimum atomic E-state index is 0.300. The molecule has 0 aliphatic heterocycles. The zero-order valence-corrected chi connectivity index (χ0v) is 12.4. The molecule has 1 saturated carbocycles. The summed E-state index contributed by atoms with van der Waals surface area (Å²) in [7, 11) is 0. The first-order chi connectivity index (χ1) is 7.65. The van der Waals surface area contributed by atoms with E-state index in [4.69, 9.17) is 0 Å². The van der Waals surface area contributed by atoms with Crippen molar-refractivity contribution in [1.82, 2.24) is 10.2 Å². The maximum absolute atomic E-state index is 4.42. The fourth-order valence-corrected chi connectivity index (χ4v) is 3.80. The van der Waals surface area contributed by atoms with Gasteiger partial charge >= 0.3 is 0 Å². The Morgan fingerprint density at radius 2 is 2.00 bits per heavy atom. The summed E-state index contributed by atoms with van der Waals surface area (Å²) in [5.74, 6) is 0. The van der Waals surface area contributed by atoms with Crippen molar-refractivity contribution in [3.8, 4) is 0 Å². The Morgan fingerprint density at radius 1 is 1.31 bits per heavy atom. The highest BCUT2D eigenvalue weighted by Gasteiger charge is 2.32. The van der Waals surface area contributed by atoms with Gasteiger partial charge in [0.15, 0.2) is 0 Å². The van der Waals surface area contributed by atoms with Crippen LogP contribution < -0.4 is 0 Å². The lowest BCUT2D eigenvalue weighted by atomic mass is 9.76. The third-order valence-corrected chi connectivity index (χ3v) is 6.27. The summed E-state index contributed by atoms with van der Waals surface area (Å²) in [6.45, 7) is 4.52. The van der Waals surface area contributed by atoms with Gasteiger partial charge in [-0.1, -0.05) is 60.4 Å². The molecule has 1 aromatic heterocycles. The molecule has 1 aromatic rings. The van der Waals surface area contributed by atoms with E-state index in [-0.39, 0.29) is 0 Å². The number of nitrogens with zero attached hydrogens (tertiary/aromatic N) is 2. The molecule has 0 bridgehead atoms. The first-order valence-electron chi connectivity index (χ1n) is 6.13. The van der Waals surface area contributed by atoms with Crippen LogP contribution in [0.25, 0.3) is 0 Å². The van der Waals surface area contributed by atoms with Crippen molar-refractivity contribution in [1.29, 1.82) is 0 Å². The standard InChI is InChI=1S/C12H19BrN2S/c1-3-9(13)10-14-15-11(16-10)12(2)7-5-4-6-8-12/h9H,3-8H2,1-2H3. The summed E-state index contributed by atoms with van der Waals surface area (Å²) in [4.78, 5) is 0.381. The molecule has 0 radical (unpaired) electrons. The van der Waals surface area contributed by atoms with Crippen molar-refractivity contribution in [2.45, 2.75) is 62.6 Å². The van der Waals surface area contributed by atoms with Crippen LogP contribution in [0.4, 0.5) is 0 Å². The van der Waals surface area contributed by atoms with Gasteiger partial charge in [0.25, 0.3) is 0 Å². The lowest BCUT2D eigenvalue weighted by Crippen LogP contribution is -2.24. The Bertz CT molecular complexity index is 345. The molecule has 1 aliphatic carbocycles. The van der Waals surface area contributed by atoms with Gasteiger partial charge in [0.1, 0.15) is 10.0 Å². The first kappa shape index (κ1) is 12.5. The van der Waals surface area contributed by atoms with Crippen LogP contribution in [0, 0.1) is 0 Å². The highest BCUT2D eigenvalue weighted by atomic mass is 79.9. The Hall–Kier alpha value is 0.0400. The van der Waals surface area contributed by atoms with E-state index in [1.165, 1.54) is 37.1 Å². The summed E-state index contributed by atoms with van der Waals surface area (Å²) in [5.41, 5.74) is 0.300. The molecular formula is C12H19BrN2S. The van der Waals surface area contributed by atoms with Gasteiger partial charge in [-0.25, -0.2) is 0 Å². The molecule has 2 nitrogen and oxygen atoms in total. The predicted octanol–water partition coefficient (Wildman–Crippen LogP) is 4.61. The topological polar surface area (TPSA) is 25.8 Å². The van der Waals surface area contributed by atoms with Gasteiger partial charge in [-0.05, 0) is 19.3 Å². The fraction of sp³-hybridized carbons (Fsp3) is 0.833. The molecular weight excluding hydrogens is 284 g/mol. The molecule has 1 unspecified atom stereocenters. The highest BCUT2D eigenvalue weighted by molar-refractivity contribution is 9.09. The maximum atomic E-state index is 4.42. The van der Waals surface area contributed by atoms with E-state index >= 15 is 0 Å². The summed E-state index contributed by atoms with van der Waals surface area (Å²) >= 11 is 5.45. The average Bonchev–Trinajstić information content (AvgIpc) is 2.79. The smallest absolute Gasteiger partial charge is 0.131 e. The monoisotopic (exact) mass is 302 g/mol. The van der Waals surface area contributed by atoms with Crippen molar-refractivity contribution in [3.05, 3.63) is 10.0 Å². The molecule has 1 atom stereocenters. The Balaban J connectivity index is 2.17. The second-order valence-corrected chi connectivity index (χ2v) is 7.06. The van der Waals surface area contributed by atoms with E-state index in [0.717, 1.165) is 11.4 Å². The average molecular weight is 303 g/mol. The van der Waals surface area contributed by atoms with Gasteiger partial charge in [-0.3, -0.25) is 0 Å².